The topological polar surface area (TPSA) is 92.4 Å². The molecule has 7 heteroatoms. The van der Waals surface area contributed by atoms with Gasteiger partial charge in [-0.25, -0.2) is 17.9 Å². The van der Waals surface area contributed by atoms with Crippen molar-refractivity contribution < 1.29 is 17.9 Å². The van der Waals surface area contributed by atoms with Crippen LogP contribution < -0.4 is 10.5 Å². The van der Waals surface area contributed by atoms with Crippen molar-refractivity contribution in [2.45, 2.75) is 82.6 Å². The highest BCUT2D eigenvalue weighted by atomic mass is 32.2. The fourth-order valence-electron chi connectivity index (χ4n) is 4.72. The molecule has 2 rings (SSSR count). The van der Waals surface area contributed by atoms with Gasteiger partial charge in [-0.15, -0.1) is 0 Å². The van der Waals surface area contributed by atoms with Gasteiger partial charge in [0.1, 0.15) is 5.82 Å². The zero-order chi connectivity index (χ0) is 21.7. The highest BCUT2D eigenvalue weighted by Gasteiger charge is 2.35. The van der Waals surface area contributed by atoms with E-state index in [-0.39, 0.29) is 17.3 Å². The Morgan fingerprint density at radius 3 is 2.48 bits per heavy atom. The third-order valence-corrected chi connectivity index (χ3v) is 7.68. The largest absolute Gasteiger partial charge is 0.387 e. The number of hydrogen-bond donors (Lipinski definition) is 3. The van der Waals surface area contributed by atoms with Crippen molar-refractivity contribution in [2.24, 2.45) is 17.0 Å². The Hall–Kier alpha value is -1.02. The van der Waals surface area contributed by atoms with E-state index in [9.17, 15) is 17.9 Å². The van der Waals surface area contributed by atoms with Crippen molar-refractivity contribution >= 4 is 10.0 Å². The van der Waals surface area contributed by atoms with Crippen LogP contribution >= 0.6 is 0 Å². The van der Waals surface area contributed by atoms with Gasteiger partial charge in [0.25, 0.3) is 0 Å². The SMILES string of the molecule is CCCC([C@H]1CC[C@@H](CC(C)(C)NC[C@H](O)c2cccc(F)c2)CC1)S(N)(=O)=O. The van der Waals surface area contributed by atoms with Crippen LogP contribution in [0.2, 0.25) is 0 Å². The second kappa shape index (κ2) is 10.3. The number of benzene rings is 1. The quantitative estimate of drug-likeness (QED) is 0.527. The van der Waals surface area contributed by atoms with E-state index in [4.69, 9.17) is 5.14 Å². The molecule has 5 nitrogen and oxygen atoms in total. The summed E-state index contributed by atoms with van der Waals surface area (Å²) in [5.41, 5.74) is 0.396. The third kappa shape index (κ3) is 7.63. The number of halogens is 1. The van der Waals surface area contributed by atoms with Crippen LogP contribution in [0.25, 0.3) is 0 Å². The molecule has 29 heavy (non-hydrogen) atoms. The van der Waals surface area contributed by atoms with Crippen molar-refractivity contribution in [1.82, 2.24) is 5.32 Å². The Kier molecular flexibility index (Phi) is 8.64. The van der Waals surface area contributed by atoms with Crippen molar-refractivity contribution in [1.29, 1.82) is 0 Å². The van der Waals surface area contributed by atoms with Gasteiger partial charge < -0.3 is 10.4 Å². The number of aliphatic hydroxyl groups is 1. The van der Waals surface area contributed by atoms with Gasteiger partial charge in [-0.3, -0.25) is 0 Å². The fourth-order valence-corrected chi connectivity index (χ4v) is 6.09. The van der Waals surface area contributed by atoms with Gasteiger partial charge in [0, 0.05) is 12.1 Å². The summed E-state index contributed by atoms with van der Waals surface area (Å²) in [6.07, 6.45) is 5.44. The van der Waals surface area contributed by atoms with Gasteiger partial charge in [-0.2, -0.15) is 0 Å². The molecule has 0 radical (unpaired) electrons. The molecule has 1 saturated carbocycles. The lowest BCUT2D eigenvalue weighted by atomic mass is 9.75. The highest BCUT2D eigenvalue weighted by molar-refractivity contribution is 7.89. The average molecular weight is 429 g/mol. The first-order chi connectivity index (χ1) is 13.5. The van der Waals surface area contributed by atoms with E-state index in [1.54, 1.807) is 12.1 Å². The predicted molar refractivity (Wildman–Crippen MR) is 115 cm³/mol. The predicted octanol–water partition coefficient (Wildman–Crippen LogP) is 3.88. The van der Waals surface area contributed by atoms with Crippen molar-refractivity contribution in [2.75, 3.05) is 6.54 Å². The standard InChI is InChI=1S/C22H37FN2O3S/c1-4-6-21(29(24,27)28)17-11-9-16(10-12-17)14-22(2,3)25-15-20(26)18-7-5-8-19(23)13-18/h5,7-8,13,16-17,20-21,25-26H,4,6,9-12,14-15H2,1-3H3,(H2,24,27,28)/t16-,17+,20-,21?/m0/s1. The molecule has 166 valence electrons. The zero-order valence-corrected chi connectivity index (χ0v) is 18.7. The van der Waals surface area contributed by atoms with Crippen molar-refractivity contribution in [3.63, 3.8) is 0 Å². The molecule has 0 bridgehead atoms. The third-order valence-electron chi connectivity index (χ3n) is 6.22. The maximum absolute atomic E-state index is 13.3. The number of sulfonamides is 1. The minimum Gasteiger partial charge on any atom is -0.387 e. The summed E-state index contributed by atoms with van der Waals surface area (Å²) in [6, 6.07) is 6.05. The summed E-state index contributed by atoms with van der Waals surface area (Å²) in [5, 5.41) is 18.8. The molecule has 4 N–H and O–H groups in total. The van der Waals surface area contributed by atoms with Crippen LogP contribution in [0.15, 0.2) is 24.3 Å². The van der Waals surface area contributed by atoms with Crippen molar-refractivity contribution in [3.05, 3.63) is 35.6 Å². The van der Waals surface area contributed by atoms with Gasteiger partial charge in [-0.1, -0.05) is 38.3 Å². The first-order valence-electron chi connectivity index (χ1n) is 10.7. The smallest absolute Gasteiger partial charge is 0.212 e. The first kappa shape index (κ1) is 24.3. The van der Waals surface area contributed by atoms with Crippen LogP contribution in [0.4, 0.5) is 4.39 Å². The normalized spacial score (nSPS) is 23.0. The molecular weight excluding hydrogens is 391 g/mol. The molecule has 2 atom stereocenters. The maximum Gasteiger partial charge on any atom is 0.212 e. The van der Waals surface area contributed by atoms with E-state index in [0.717, 1.165) is 38.5 Å². The van der Waals surface area contributed by atoms with Crippen molar-refractivity contribution in [3.8, 4) is 0 Å². The molecule has 1 fully saturated rings. The molecule has 0 saturated heterocycles. The second-order valence-electron chi connectivity index (χ2n) is 9.24. The Morgan fingerprint density at radius 2 is 1.93 bits per heavy atom. The summed E-state index contributed by atoms with van der Waals surface area (Å²) >= 11 is 0. The number of nitrogens with one attached hydrogen (secondary N) is 1. The molecule has 1 aromatic carbocycles. The lowest BCUT2D eigenvalue weighted by Crippen LogP contribution is -2.44. The number of hydrogen-bond acceptors (Lipinski definition) is 4. The lowest BCUT2D eigenvalue weighted by molar-refractivity contribution is 0.147. The van der Waals surface area contributed by atoms with E-state index in [1.165, 1.54) is 12.1 Å². The maximum atomic E-state index is 13.3. The molecule has 1 aliphatic rings. The van der Waals surface area contributed by atoms with Gasteiger partial charge in [0.2, 0.25) is 10.0 Å². The molecule has 1 unspecified atom stereocenters. The van der Waals surface area contributed by atoms with Crippen LogP contribution in [0.1, 0.15) is 77.4 Å². The number of β-amino-alcohol motifs (C(OH)–C–C–N with tert-alkyl or cyclic N) is 1. The highest BCUT2D eigenvalue weighted by Crippen LogP contribution is 2.37. The van der Waals surface area contributed by atoms with E-state index in [1.807, 2.05) is 6.92 Å². The number of aliphatic hydroxyl groups excluding tert-OH is 1. The zero-order valence-electron chi connectivity index (χ0n) is 17.9. The molecule has 0 spiro atoms. The second-order valence-corrected chi connectivity index (χ2v) is 11.0. The minimum atomic E-state index is -3.49. The van der Waals surface area contributed by atoms with Gasteiger partial charge in [0.05, 0.1) is 11.4 Å². The van der Waals surface area contributed by atoms with Crippen LogP contribution in [0, 0.1) is 17.7 Å². The molecule has 0 aromatic heterocycles. The summed E-state index contributed by atoms with van der Waals surface area (Å²) in [4.78, 5) is 0. The average Bonchev–Trinajstić information content (AvgIpc) is 2.64. The summed E-state index contributed by atoms with van der Waals surface area (Å²) in [6.45, 7) is 6.58. The summed E-state index contributed by atoms with van der Waals surface area (Å²) in [7, 11) is -3.49. The van der Waals surface area contributed by atoms with E-state index >= 15 is 0 Å². The molecule has 1 aliphatic carbocycles. The summed E-state index contributed by atoms with van der Waals surface area (Å²) < 4.78 is 37.2. The Bertz CT molecular complexity index is 746. The van der Waals surface area contributed by atoms with Gasteiger partial charge in [0.15, 0.2) is 0 Å². The monoisotopic (exact) mass is 428 g/mol. The molecule has 0 heterocycles. The first-order valence-corrected chi connectivity index (χ1v) is 12.3. The van der Waals surface area contributed by atoms with Crippen LogP contribution in [0.3, 0.4) is 0 Å². The number of primary sulfonamides is 1. The van der Waals surface area contributed by atoms with Crippen LogP contribution in [-0.2, 0) is 10.0 Å². The van der Waals surface area contributed by atoms with E-state index < -0.39 is 21.4 Å². The number of rotatable bonds is 10. The van der Waals surface area contributed by atoms with Gasteiger partial charge >= 0.3 is 0 Å². The summed E-state index contributed by atoms with van der Waals surface area (Å²) in [5.74, 6) is 0.327. The van der Waals surface area contributed by atoms with Crippen LogP contribution in [0.5, 0.6) is 0 Å². The van der Waals surface area contributed by atoms with Gasteiger partial charge in [-0.05, 0) is 69.1 Å². The van der Waals surface area contributed by atoms with Crippen LogP contribution in [-0.4, -0.2) is 30.9 Å². The Morgan fingerprint density at radius 1 is 1.28 bits per heavy atom. The minimum absolute atomic E-state index is 0.159. The molecule has 0 aliphatic heterocycles. The lowest BCUT2D eigenvalue weighted by Gasteiger charge is -2.37. The molecule has 0 amide bonds. The Labute approximate surface area is 175 Å². The molecule has 1 aromatic rings. The molecular formula is C22H37FN2O3S. The fraction of sp³-hybridized carbons (Fsp3) is 0.727. The van der Waals surface area contributed by atoms with E-state index in [2.05, 4.69) is 19.2 Å². The van der Waals surface area contributed by atoms with E-state index in [0.29, 0.717) is 24.4 Å². The Balaban J connectivity index is 1.84. The number of nitrogens with two attached hydrogens (primary N) is 1.